The number of rotatable bonds is 8. The molecule has 0 saturated carbocycles. The molecule has 24 heavy (non-hydrogen) atoms. The fourth-order valence-electron chi connectivity index (χ4n) is 2.09. The fraction of sp³-hybridized carbons (Fsp3) is 0.333. The first-order chi connectivity index (χ1) is 11.7. The molecule has 0 aliphatic carbocycles. The van der Waals surface area contributed by atoms with Crippen LogP contribution in [0.1, 0.15) is 42.1 Å². The van der Waals surface area contributed by atoms with Crippen LogP contribution in [0, 0.1) is 0 Å². The van der Waals surface area contributed by atoms with Crippen LogP contribution in [0.2, 0.25) is 0 Å². The number of amides is 1. The molecule has 1 aromatic heterocycles. The summed E-state index contributed by atoms with van der Waals surface area (Å²) in [6.45, 7) is 2.41. The Balaban J connectivity index is 1.94. The van der Waals surface area contributed by atoms with E-state index < -0.39 is 5.97 Å². The van der Waals surface area contributed by atoms with Crippen molar-refractivity contribution in [1.82, 2.24) is 9.97 Å². The molecule has 0 aliphatic heterocycles. The Labute approximate surface area is 141 Å². The van der Waals surface area contributed by atoms with E-state index in [-0.39, 0.29) is 12.3 Å². The Morgan fingerprint density at radius 3 is 2.67 bits per heavy atom. The first-order valence-corrected chi connectivity index (χ1v) is 8.00. The topological polar surface area (TPSA) is 81.2 Å². The largest absolute Gasteiger partial charge is 0.462 e. The summed E-state index contributed by atoms with van der Waals surface area (Å²) in [5, 5.41) is 2.77. The van der Waals surface area contributed by atoms with Crippen molar-refractivity contribution in [2.45, 2.75) is 32.6 Å². The maximum absolute atomic E-state index is 12.1. The van der Waals surface area contributed by atoms with E-state index in [1.54, 1.807) is 36.7 Å². The summed E-state index contributed by atoms with van der Waals surface area (Å²) < 4.78 is 5.21. The molecule has 1 aromatic carbocycles. The first kappa shape index (κ1) is 17.6. The summed E-state index contributed by atoms with van der Waals surface area (Å²) in [5.74, 6) is -0.594. The molecule has 6 nitrogen and oxygen atoms in total. The van der Waals surface area contributed by atoms with Gasteiger partial charge in [-0.25, -0.2) is 14.8 Å². The van der Waals surface area contributed by atoms with Gasteiger partial charge in [0.25, 0.3) is 0 Å². The van der Waals surface area contributed by atoms with Gasteiger partial charge in [-0.2, -0.15) is 0 Å². The second-order valence-corrected chi connectivity index (χ2v) is 5.33. The number of ether oxygens (including phenoxy) is 1. The molecule has 1 N–H and O–H groups in total. The Morgan fingerprint density at radius 1 is 1.17 bits per heavy atom. The van der Waals surface area contributed by atoms with Crippen molar-refractivity contribution < 1.29 is 14.3 Å². The smallest absolute Gasteiger partial charge is 0.340 e. The van der Waals surface area contributed by atoms with Crippen molar-refractivity contribution in [3.63, 3.8) is 0 Å². The Hall–Kier alpha value is -2.76. The molecular weight excluding hydrogens is 306 g/mol. The highest BCUT2D eigenvalue weighted by Crippen LogP contribution is 2.17. The normalized spacial score (nSPS) is 10.2. The molecule has 6 heteroatoms. The Bertz CT molecular complexity index is 674. The van der Waals surface area contributed by atoms with Gasteiger partial charge in [-0.3, -0.25) is 4.79 Å². The van der Waals surface area contributed by atoms with Gasteiger partial charge in [-0.15, -0.1) is 0 Å². The lowest BCUT2D eigenvalue weighted by atomic mass is 10.1. The van der Waals surface area contributed by atoms with Gasteiger partial charge in [0.2, 0.25) is 5.91 Å². The summed E-state index contributed by atoms with van der Waals surface area (Å²) in [6, 6.07) is 6.85. The van der Waals surface area contributed by atoms with Crippen molar-refractivity contribution in [3.05, 3.63) is 54.1 Å². The van der Waals surface area contributed by atoms with Gasteiger partial charge in [0.15, 0.2) is 0 Å². The Kier molecular flexibility index (Phi) is 6.89. The zero-order valence-corrected chi connectivity index (χ0v) is 13.7. The number of carbonyl (C=O) groups is 2. The van der Waals surface area contributed by atoms with Crippen LogP contribution in [0.4, 0.5) is 5.69 Å². The number of aryl methyl sites for hydroxylation is 1. The van der Waals surface area contributed by atoms with Gasteiger partial charge in [0, 0.05) is 18.8 Å². The molecule has 1 amide bonds. The lowest BCUT2D eigenvalue weighted by Crippen LogP contribution is -2.16. The molecular formula is C18H21N3O3. The molecule has 126 valence electrons. The van der Waals surface area contributed by atoms with E-state index in [1.165, 1.54) is 6.33 Å². The van der Waals surface area contributed by atoms with Crippen molar-refractivity contribution in [1.29, 1.82) is 0 Å². The van der Waals surface area contributed by atoms with E-state index in [0.717, 1.165) is 18.4 Å². The van der Waals surface area contributed by atoms with Crippen molar-refractivity contribution in [3.8, 4) is 0 Å². The molecule has 2 rings (SSSR count). The summed E-state index contributed by atoms with van der Waals surface area (Å²) in [4.78, 5) is 32.1. The zero-order chi connectivity index (χ0) is 17.2. The number of anilines is 1. The third-order valence-electron chi connectivity index (χ3n) is 3.41. The summed E-state index contributed by atoms with van der Waals surface area (Å²) in [7, 11) is 0. The molecule has 0 bridgehead atoms. The lowest BCUT2D eigenvalue weighted by molar-refractivity contribution is -0.116. The molecule has 0 unspecified atom stereocenters. The maximum atomic E-state index is 12.1. The van der Waals surface area contributed by atoms with E-state index >= 15 is 0 Å². The Morgan fingerprint density at radius 2 is 1.92 bits per heavy atom. The molecule has 1 heterocycles. The summed E-state index contributed by atoms with van der Waals surface area (Å²) >= 11 is 0. The van der Waals surface area contributed by atoms with E-state index in [9.17, 15) is 9.59 Å². The molecule has 0 radical (unpaired) electrons. The lowest BCUT2D eigenvalue weighted by Gasteiger charge is -2.10. The monoisotopic (exact) mass is 327 g/mol. The van der Waals surface area contributed by atoms with Crippen LogP contribution in [0.25, 0.3) is 0 Å². The number of carbonyl (C=O) groups excluding carboxylic acids is 2. The van der Waals surface area contributed by atoms with Crippen LogP contribution in [0.3, 0.4) is 0 Å². The minimum atomic E-state index is -0.421. The van der Waals surface area contributed by atoms with Gasteiger partial charge in [-0.05, 0) is 30.5 Å². The van der Waals surface area contributed by atoms with Gasteiger partial charge in [-0.1, -0.05) is 25.5 Å². The summed E-state index contributed by atoms with van der Waals surface area (Å²) in [5.41, 5.74) is 1.72. The van der Waals surface area contributed by atoms with Gasteiger partial charge in [0.1, 0.15) is 6.33 Å². The number of para-hydroxylation sites is 1. The quantitative estimate of drug-likeness (QED) is 0.595. The minimum absolute atomic E-state index is 0.173. The van der Waals surface area contributed by atoms with Crippen LogP contribution >= 0.6 is 0 Å². The maximum Gasteiger partial charge on any atom is 0.340 e. The van der Waals surface area contributed by atoms with E-state index in [2.05, 4.69) is 15.3 Å². The molecule has 0 spiro atoms. The van der Waals surface area contributed by atoms with Crippen LogP contribution in [-0.2, 0) is 16.0 Å². The predicted molar refractivity (Wildman–Crippen MR) is 90.6 cm³/mol. The average molecular weight is 327 g/mol. The standard InChI is InChI=1S/C18H21N3O3/c1-2-3-10-24-18(23)15-6-4-5-7-16(15)21-17(22)9-8-14-11-19-13-20-12-14/h4-7,11-13H,2-3,8-10H2,1H3,(H,21,22). The third-order valence-corrected chi connectivity index (χ3v) is 3.41. The molecule has 0 aliphatic rings. The zero-order valence-electron chi connectivity index (χ0n) is 13.7. The highest BCUT2D eigenvalue weighted by Gasteiger charge is 2.14. The second kappa shape index (κ2) is 9.39. The molecule has 0 atom stereocenters. The number of hydrogen-bond acceptors (Lipinski definition) is 5. The number of nitrogens with one attached hydrogen (secondary N) is 1. The molecule has 0 fully saturated rings. The first-order valence-electron chi connectivity index (χ1n) is 8.00. The summed E-state index contributed by atoms with van der Waals surface area (Å²) in [6.07, 6.45) is 7.40. The van der Waals surface area contributed by atoms with Crippen molar-refractivity contribution in [2.24, 2.45) is 0 Å². The fourth-order valence-corrected chi connectivity index (χ4v) is 2.09. The highest BCUT2D eigenvalue weighted by atomic mass is 16.5. The van der Waals surface area contributed by atoms with Gasteiger partial charge < -0.3 is 10.1 Å². The van der Waals surface area contributed by atoms with Crippen LogP contribution < -0.4 is 5.32 Å². The number of hydrogen-bond donors (Lipinski definition) is 1. The van der Waals surface area contributed by atoms with Gasteiger partial charge in [0.05, 0.1) is 17.9 Å². The molecule has 0 saturated heterocycles. The third kappa shape index (κ3) is 5.46. The minimum Gasteiger partial charge on any atom is -0.462 e. The van der Waals surface area contributed by atoms with E-state index in [1.807, 2.05) is 6.92 Å². The van der Waals surface area contributed by atoms with E-state index in [4.69, 9.17) is 4.74 Å². The van der Waals surface area contributed by atoms with Crippen LogP contribution in [0.5, 0.6) is 0 Å². The average Bonchev–Trinajstić information content (AvgIpc) is 2.61. The van der Waals surface area contributed by atoms with Gasteiger partial charge >= 0.3 is 5.97 Å². The highest BCUT2D eigenvalue weighted by molar-refractivity contribution is 6.01. The van der Waals surface area contributed by atoms with E-state index in [0.29, 0.717) is 24.3 Å². The SMILES string of the molecule is CCCCOC(=O)c1ccccc1NC(=O)CCc1cncnc1. The van der Waals surface area contributed by atoms with Crippen molar-refractivity contribution >= 4 is 17.6 Å². The number of unbranched alkanes of at least 4 members (excludes halogenated alkanes) is 1. The van der Waals surface area contributed by atoms with Crippen LogP contribution in [0.15, 0.2) is 43.0 Å². The van der Waals surface area contributed by atoms with Crippen LogP contribution in [-0.4, -0.2) is 28.5 Å². The second-order valence-electron chi connectivity index (χ2n) is 5.33. The number of benzene rings is 1. The number of aromatic nitrogens is 2. The van der Waals surface area contributed by atoms with Crippen molar-refractivity contribution in [2.75, 3.05) is 11.9 Å². The number of nitrogens with zero attached hydrogens (tertiary/aromatic N) is 2. The predicted octanol–water partition coefficient (Wildman–Crippen LogP) is 3.00. The molecule has 2 aromatic rings. The number of esters is 1.